The minimum absolute atomic E-state index is 0.0130. The standard InChI is InChI=1S/C36H45ClN2O3S/c1-23-5-3-7-32(41-2)29-13-10-27(29)20-39-21-36(16-4-6-25-18-28(37)12-14-30(25)36)22-42-33-15-11-26(19-31(33)39)35(40)38-43-34(23)17-24-8-9-24/h3,7,11-12,14-15,18-19,23-24,27,29,32,34H,4-6,8-10,13,16-17,20-22H2,1-2H3,(H,38,40)/b7-3-/t23-,27+,29-,32+,34-,36+/m1/s1. The van der Waals surface area contributed by atoms with Gasteiger partial charge in [-0.25, -0.2) is 0 Å². The number of aryl methyl sites for hydroxylation is 1. The van der Waals surface area contributed by atoms with Gasteiger partial charge in [-0.05, 0) is 122 Å². The van der Waals surface area contributed by atoms with E-state index in [0.29, 0.717) is 35.2 Å². The predicted molar refractivity (Wildman–Crippen MR) is 176 cm³/mol. The van der Waals surface area contributed by atoms with Crippen LogP contribution in [0.2, 0.25) is 5.02 Å². The number of nitrogens with one attached hydrogen (secondary N) is 1. The van der Waals surface area contributed by atoms with Gasteiger partial charge in [0.15, 0.2) is 0 Å². The molecule has 2 bridgehead atoms. The number of benzene rings is 2. The van der Waals surface area contributed by atoms with Crippen LogP contribution in [-0.2, 0) is 16.6 Å². The highest BCUT2D eigenvalue weighted by atomic mass is 35.5. The van der Waals surface area contributed by atoms with Gasteiger partial charge in [0.2, 0.25) is 0 Å². The van der Waals surface area contributed by atoms with E-state index in [4.69, 9.17) is 21.1 Å². The average molecular weight is 621 g/mol. The Hall–Kier alpha value is -2.15. The number of rotatable bonds is 3. The number of nitrogens with zero attached hydrogens (tertiary/aromatic N) is 1. The van der Waals surface area contributed by atoms with Crippen molar-refractivity contribution in [2.75, 3.05) is 31.7 Å². The Labute approximate surface area is 266 Å². The largest absolute Gasteiger partial charge is 0.490 e. The van der Waals surface area contributed by atoms with Gasteiger partial charge in [0.25, 0.3) is 5.91 Å². The number of ether oxygens (including phenoxy) is 2. The molecule has 1 spiro atoms. The van der Waals surface area contributed by atoms with Crippen molar-refractivity contribution in [2.45, 2.75) is 81.5 Å². The molecule has 7 rings (SSSR count). The molecule has 5 nitrogen and oxygen atoms in total. The van der Waals surface area contributed by atoms with Crippen LogP contribution in [0.1, 0.15) is 79.8 Å². The van der Waals surface area contributed by atoms with Crippen LogP contribution >= 0.6 is 23.5 Å². The Morgan fingerprint density at radius 1 is 1.16 bits per heavy atom. The first-order chi connectivity index (χ1) is 20.9. The lowest BCUT2D eigenvalue weighted by atomic mass is 9.68. The topological polar surface area (TPSA) is 50.8 Å². The van der Waals surface area contributed by atoms with Crippen molar-refractivity contribution in [3.63, 3.8) is 0 Å². The maximum absolute atomic E-state index is 13.6. The maximum Gasteiger partial charge on any atom is 0.261 e. The number of anilines is 1. The third-order valence-corrected chi connectivity index (χ3v) is 12.5. The van der Waals surface area contributed by atoms with E-state index in [1.54, 1.807) is 11.9 Å². The Kier molecular flexibility index (Phi) is 8.47. The Bertz CT molecular complexity index is 1380. The third kappa shape index (κ3) is 6.09. The smallest absolute Gasteiger partial charge is 0.261 e. The summed E-state index contributed by atoms with van der Waals surface area (Å²) < 4.78 is 16.1. The van der Waals surface area contributed by atoms with Crippen molar-refractivity contribution in [3.05, 3.63) is 70.3 Å². The van der Waals surface area contributed by atoms with Crippen molar-refractivity contribution in [2.24, 2.45) is 23.7 Å². The number of carbonyl (C=O) groups excluding carboxylic acids is 1. The summed E-state index contributed by atoms with van der Waals surface area (Å²) in [6.07, 6.45) is 15.3. The third-order valence-electron chi connectivity index (χ3n) is 11.0. The van der Waals surface area contributed by atoms with Gasteiger partial charge in [-0.1, -0.05) is 49.6 Å². The Morgan fingerprint density at radius 2 is 2.05 bits per heavy atom. The fourth-order valence-corrected chi connectivity index (χ4v) is 9.32. The molecule has 1 N–H and O–H groups in total. The molecule has 0 unspecified atom stereocenters. The van der Waals surface area contributed by atoms with Crippen LogP contribution in [0.3, 0.4) is 0 Å². The van der Waals surface area contributed by atoms with Crippen molar-refractivity contribution in [1.82, 2.24) is 4.72 Å². The molecule has 5 aliphatic rings. The number of hydrogen-bond donors (Lipinski definition) is 1. The van der Waals surface area contributed by atoms with Crippen LogP contribution in [0.5, 0.6) is 5.75 Å². The molecule has 230 valence electrons. The van der Waals surface area contributed by atoms with Crippen LogP contribution in [0.25, 0.3) is 0 Å². The second-order valence-corrected chi connectivity index (χ2v) is 15.4. The zero-order valence-corrected chi connectivity index (χ0v) is 27.1. The summed E-state index contributed by atoms with van der Waals surface area (Å²) in [5.74, 6) is 3.16. The van der Waals surface area contributed by atoms with Crippen molar-refractivity contribution >= 4 is 35.1 Å². The molecular formula is C36H45ClN2O3S. The summed E-state index contributed by atoms with van der Waals surface area (Å²) in [5, 5.41) is 1.20. The lowest BCUT2D eigenvalue weighted by molar-refractivity contribution is 0.0131. The van der Waals surface area contributed by atoms with E-state index < -0.39 is 0 Å². The number of carbonyl (C=O) groups is 1. The molecule has 3 aliphatic carbocycles. The minimum Gasteiger partial charge on any atom is -0.490 e. The average Bonchev–Trinajstić information content (AvgIpc) is 3.83. The molecule has 0 aromatic heterocycles. The first kappa shape index (κ1) is 29.6. The second kappa shape index (κ2) is 12.3. The van der Waals surface area contributed by atoms with E-state index in [1.807, 2.05) is 25.3 Å². The Morgan fingerprint density at radius 3 is 2.84 bits per heavy atom. The van der Waals surface area contributed by atoms with Gasteiger partial charge in [0.1, 0.15) is 5.75 Å². The van der Waals surface area contributed by atoms with Crippen molar-refractivity contribution in [1.29, 1.82) is 0 Å². The summed E-state index contributed by atoms with van der Waals surface area (Å²) in [6, 6.07) is 12.5. The summed E-state index contributed by atoms with van der Waals surface area (Å²) in [6.45, 7) is 4.76. The lowest BCUT2D eigenvalue weighted by Gasteiger charge is -2.46. The highest BCUT2D eigenvalue weighted by Crippen LogP contribution is 2.47. The zero-order chi connectivity index (χ0) is 29.6. The number of halogens is 1. The van der Waals surface area contributed by atoms with Crippen LogP contribution in [0.15, 0.2) is 48.6 Å². The molecule has 0 radical (unpaired) electrons. The molecule has 1 amide bonds. The van der Waals surface area contributed by atoms with E-state index in [9.17, 15) is 4.79 Å². The fraction of sp³-hybridized carbons (Fsp3) is 0.583. The van der Waals surface area contributed by atoms with Gasteiger partial charge in [-0.3, -0.25) is 9.52 Å². The van der Waals surface area contributed by atoms with Gasteiger partial charge in [-0.2, -0.15) is 0 Å². The summed E-state index contributed by atoms with van der Waals surface area (Å²) in [5.41, 5.74) is 4.34. The van der Waals surface area contributed by atoms with Crippen LogP contribution in [0.4, 0.5) is 5.69 Å². The van der Waals surface area contributed by atoms with Crippen molar-refractivity contribution < 1.29 is 14.3 Å². The molecule has 7 heteroatoms. The molecule has 2 fully saturated rings. The van der Waals surface area contributed by atoms with E-state index in [2.05, 4.69) is 46.9 Å². The quantitative estimate of drug-likeness (QED) is 0.278. The van der Waals surface area contributed by atoms with Crippen LogP contribution in [-0.4, -0.2) is 44.1 Å². The molecular weight excluding hydrogens is 576 g/mol. The first-order valence-corrected chi connectivity index (χ1v) is 17.6. The Balaban J connectivity index is 1.25. The highest BCUT2D eigenvalue weighted by Gasteiger charge is 2.44. The highest BCUT2D eigenvalue weighted by molar-refractivity contribution is 7.98. The van der Waals surface area contributed by atoms with E-state index in [1.165, 1.54) is 43.2 Å². The number of amides is 1. The number of hydrogen-bond acceptors (Lipinski definition) is 5. The normalized spacial score (nSPS) is 33.3. The second-order valence-electron chi connectivity index (χ2n) is 13.9. The number of fused-ring (bicyclic) bond motifs is 4. The molecule has 0 saturated heterocycles. The lowest BCUT2D eigenvalue weighted by Crippen LogP contribution is -2.49. The van der Waals surface area contributed by atoms with E-state index in [0.717, 1.165) is 61.2 Å². The van der Waals surface area contributed by atoms with Gasteiger partial charge >= 0.3 is 0 Å². The summed E-state index contributed by atoms with van der Waals surface area (Å²) in [4.78, 5) is 16.1. The maximum atomic E-state index is 13.6. The molecule has 2 aromatic carbocycles. The minimum atomic E-state index is -0.123. The van der Waals surface area contributed by atoms with E-state index in [-0.39, 0.29) is 17.4 Å². The first-order valence-electron chi connectivity index (χ1n) is 16.4. The summed E-state index contributed by atoms with van der Waals surface area (Å²) in [7, 11) is 1.87. The molecule has 2 heterocycles. The molecule has 43 heavy (non-hydrogen) atoms. The zero-order valence-electron chi connectivity index (χ0n) is 25.5. The van der Waals surface area contributed by atoms with Gasteiger partial charge in [0, 0.05) is 41.5 Å². The fourth-order valence-electron chi connectivity index (χ4n) is 8.03. The van der Waals surface area contributed by atoms with Gasteiger partial charge in [0.05, 0.1) is 18.4 Å². The SMILES string of the molecule is CO[C@H]1/C=C\C[C@@H](C)[C@@H](CC2CC2)SNC(=O)c2ccc3c(c2)N(C[C@@H]2CC[C@H]21)C[C@@]1(CCCc2cc(Cl)ccc21)CO3. The number of methoxy groups -OCH3 is 1. The molecule has 2 saturated carbocycles. The van der Waals surface area contributed by atoms with Gasteiger partial charge < -0.3 is 14.4 Å². The molecule has 6 atom stereocenters. The monoisotopic (exact) mass is 620 g/mol. The molecule has 2 aromatic rings. The number of allylic oxidation sites excluding steroid dienone is 1. The van der Waals surface area contributed by atoms with Gasteiger partial charge in [-0.15, -0.1) is 0 Å². The van der Waals surface area contributed by atoms with Crippen molar-refractivity contribution in [3.8, 4) is 5.75 Å². The summed E-state index contributed by atoms with van der Waals surface area (Å²) >= 11 is 8.08. The van der Waals surface area contributed by atoms with E-state index >= 15 is 0 Å². The van der Waals surface area contributed by atoms with Crippen LogP contribution < -0.4 is 14.4 Å². The van der Waals surface area contributed by atoms with Crippen LogP contribution in [0, 0.1) is 23.7 Å². The predicted octanol–water partition coefficient (Wildman–Crippen LogP) is 8.00. The molecule has 2 aliphatic heterocycles.